The number of nitriles is 1. The summed E-state index contributed by atoms with van der Waals surface area (Å²) in [6.07, 6.45) is 0.150. The van der Waals surface area contributed by atoms with Gasteiger partial charge in [-0.2, -0.15) is 9.57 Å². The number of nitrogens with one attached hydrogen (secondary N) is 1. The summed E-state index contributed by atoms with van der Waals surface area (Å²) in [6.45, 7) is 0.700. The zero-order valence-corrected chi connectivity index (χ0v) is 11.0. The van der Waals surface area contributed by atoms with E-state index in [0.717, 1.165) is 0 Å². The van der Waals surface area contributed by atoms with Gasteiger partial charge in [0.1, 0.15) is 0 Å². The molecule has 0 aromatic heterocycles. The highest BCUT2D eigenvalue weighted by Crippen LogP contribution is 2.17. The molecule has 1 amide bonds. The minimum atomic E-state index is -3.65. The number of rotatable bonds is 2. The Kier molecular flexibility index (Phi) is 3.83. The highest BCUT2D eigenvalue weighted by Gasteiger charge is 2.26. The molecule has 0 radical (unpaired) electrons. The maximum absolute atomic E-state index is 12.4. The predicted octanol–water partition coefficient (Wildman–Crippen LogP) is 0.0689. The molecule has 1 aliphatic heterocycles. The van der Waals surface area contributed by atoms with E-state index in [0.29, 0.717) is 12.1 Å². The van der Waals surface area contributed by atoms with Gasteiger partial charge in [0.2, 0.25) is 15.9 Å². The van der Waals surface area contributed by atoms with Crippen LogP contribution in [0.2, 0.25) is 0 Å². The summed E-state index contributed by atoms with van der Waals surface area (Å²) in [6, 6.07) is 7.79. The van der Waals surface area contributed by atoms with Crippen LogP contribution in [0, 0.1) is 11.3 Å². The van der Waals surface area contributed by atoms with Gasteiger partial charge in [-0.05, 0) is 18.2 Å². The normalized spacial score (nSPS) is 17.3. The molecule has 1 fully saturated rings. The van der Waals surface area contributed by atoms with Gasteiger partial charge in [0.25, 0.3) is 0 Å². The third-order valence-electron chi connectivity index (χ3n) is 2.87. The van der Waals surface area contributed by atoms with E-state index < -0.39 is 10.0 Å². The van der Waals surface area contributed by atoms with E-state index in [1.54, 1.807) is 6.07 Å². The first-order valence-electron chi connectivity index (χ1n) is 5.81. The van der Waals surface area contributed by atoms with Crippen molar-refractivity contribution in [3.63, 3.8) is 0 Å². The summed E-state index contributed by atoms with van der Waals surface area (Å²) in [4.78, 5) is 11.3. The molecule has 1 saturated heterocycles. The molecule has 2 rings (SSSR count). The Labute approximate surface area is 111 Å². The summed E-state index contributed by atoms with van der Waals surface area (Å²) in [5.41, 5.74) is 0.296. The zero-order valence-electron chi connectivity index (χ0n) is 10.2. The molecule has 1 heterocycles. The van der Waals surface area contributed by atoms with Crippen molar-refractivity contribution in [3.05, 3.63) is 29.8 Å². The Bertz CT molecular complexity index is 634. The summed E-state index contributed by atoms with van der Waals surface area (Å²) < 4.78 is 26.0. The maximum Gasteiger partial charge on any atom is 0.243 e. The smallest absolute Gasteiger partial charge is 0.243 e. The number of hydrogen-bond acceptors (Lipinski definition) is 4. The number of nitrogens with zero attached hydrogens (tertiary/aromatic N) is 2. The van der Waals surface area contributed by atoms with Crippen LogP contribution in [0.15, 0.2) is 29.2 Å². The number of carbonyl (C=O) groups is 1. The van der Waals surface area contributed by atoms with Crippen molar-refractivity contribution in [2.45, 2.75) is 11.3 Å². The van der Waals surface area contributed by atoms with E-state index in [-0.39, 0.29) is 30.3 Å². The van der Waals surface area contributed by atoms with Crippen LogP contribution in [0.25, 0.3) is 0 Å². The Balaban J connectivity index is 2.31. The minimum Gasteiger partial charge on any atom is -0.355 e. The van der Waals surface area contributed by atoms with E-state index in [4.69, 9.17) is 5.26 Å². The third kappa shape index (κ3) is 2.92. The standard InChI is InChI=1S/C12H13N3O3S/c13-9-10-2-1-3-11(8-10)19(17,18)15-6-4-12(16)14-5-7-15/h1-3,8H,4-7H2,(H,14,16). The molecule has 1 aliphatic rings. The predicted molar refractivity (Wildman–Crippen MR) is 67.5 cm³/mol. The lowest BCUT2D eigenvalue weighted by Gasteiger charge is -2.19. The molecule has 1 N–H and O–H groups in total. The summed E-state index contributed by atoms with van der Waals surface area (Å²) in [7, 11) is -3.65. The van der Waals surface area contributed by atoms with Gasteiger partial charge >= 0.3 is 0 Å². The van der Waals surface area contributed by atoms with Gasteiger partial charge in [-0.3, -0.25) is 4.79 Å². The third-order valence-corrected chi connectivity index (χ3v) is 4.77. The lowest BCUT2D eigenvalue weighted by molar-refractivity contribution is -0.120. The second-order valence-corrected chi connectivity index (χ2v) is 6.08. The lowest BCUT2D eigenvalue weighted by atomic mass is 10.2. The number of carbonyl (C=O) groups excluding carboxylic acids is 1. The second kappa shape index (κ2) is 5.38. The van der Waals surface area contributed by atoms with Gasteiger partial charge < -0.3 is 5.32 Å². The first-order chi connectivity index (χ1) is 9.04. The molecule has 0 atom stereocenters. The SMILES string of the molecule is N#Cc1cccc(S(=O)(=O)N2CCNC(=O)CC2)c1. The highest BCUT2D eigenvalue weighted by atomic mass is 32.2. The van der Waals surface area contributed by atoms with Crippen molar-refractivity contribution in [2.24, 2.45) is 0 Å². The molecule has 0 spiro atoms. The van der Waals surface area contributed by atoms with E-state index in [9.17, 15) is 13.2 Å². The van der Waals surface area contributed by atoms with Crippen molar-refractivity contribution in [2.75, 3.05) is 19.6 Å². The van der Waals surface area contributed by atoms with E-state index >= 15 is 0 Å². The van der Waals surface area contributed by atoms with Gasteiger partial charge in [0.15, 0.2) is 0 Å². The molecule has 7 heteroatoms. The Hall–Kier alpha value is -1.91. The number of hydrogen-bond donors (Lipinski definition) is 1. The monoisotopic (exact) mass is 279 g/mol. The van der Waals surface area contributed by atoms with Crippen LogP contribution in [0.5, 0.6) is 0 Å². The fraction of sp³-hybridized carbons (Fsp3) is 0.333. The van der Waals surface area contributed by atoms with E-state index in [1.165, 1.54) is 22.5 Å². The molecule has 6 nitrogen and oxygen atoms in total. The molecule has 100 valence electrons. The Morgan fingerprint density at radius 1 is 1.32 bits per heavy atom. The molecule has 1 aromatic carbocycles. The van der Waals surface area contributed by atoms with Crippen molar-refractivity contribution in [1.82, 2.24) is 9.62 Å². The largest absolute Gasteiger partial charge is 0.355 e. The van der Waals surface area contributed by atoms with Crippen molar-refractivity contribution < 1.29 is 13.2 Å². The summed E-state index contributed by atoms with van der Waals surface area (Å²) >= 11 is 0. The number of benzene rings is 1. The molecule has 0 bridgehead atoms. The van der Waals surface area contributed by atoms with Gasteiger partial charge in [-0.1, -0.05) is 6.07 Å². The van der Waals surface area contributed by atoms with Crippen LogP contribution in [0.3, 0.4) is 0 Å². The quantitative estimate of drug-likeness (QED) is 0.829. The van der Waals surface area contributed by atoms with Crippen molar-refractivity contribution in [1.29, 1.82) is 5.26 Å². The van der Waals surface area contributed by atoms with E-state index in [2.05, 4.69) is 5.32 Å². The first-order valence-corrected chi connectivity index (χ1v) is 7.25. The van der Waals surface area contributed by atoms with Crippen LogP contribution in [0.1, 0.15) is 12.0 Å². The second-order valence-electron chi connectivity index (χ2n) is 4.14. The lowest BCUT2D eigenvalue weighted by Crippen LogP contribution is -2.34. The molecule has 0 saturated carbocycles. The van der Waals surface area contributed by atoms with Crippen LogP contribution in [-0.4, -0.2) is 38.3 Å². The first kappa shape index (κ1) is 13.5. The van der Waals surface area contributed by atoms with E-state index in [1.807, 2.05) is 6.07 Å². The zero-order chi connectivity index (χ0) is 13.9. The van der Waals surface area contributed by atoms with Crippen LogP contribution in [-0.2, 0) is 14.8 Å². The van der Waals surface area contributed by atoms with Crippen molar-refractivity contribution >= 4 is 15.9 Å². The maximum atomic E-state index is 12.4. The van der Waals surface area contributed by atoms with Crippen LogP contribution in [0.4, 0.5) is 0 Å². The van der Waals surface area contributed by atoms with Gasteiger partial charge in [0.05, 0.1) is 16.5 Å². The molecule has 0 aliphatic carbocycles. The summed E-state index contributed by atoms with van der Waals surface area (Å²) in [5, 5.41) is 11.4. The average molecular weight is 279 g/mol. The van der Waals surface area contributed by atoms with Crippen LogP contribution < -0.4 is 5.32 Å². The van der Waals surface area contributed by atoms with Crippen LogP contribution >= 0.6 is 0 Å². The van der Waals surface area contributed by atoms with Gasteiger partial charge in [-0.25, -0.2) is 8.42 Å². The molecular formula is C12H13N3O3S. The number of amides is 1. The highest BCUT2D eigenvalue weighted by molar-refractivity contribution is 7.89. The van der Waals surface area contributed by atoms with Gasteiger partial charge in [0, 0.05) is 26.1 Å². The Morgan fingerprint density at radius 3 is 2.84 bits per heavy atom. The minimum absolute atomic E-state index is 0.0842. The fourth-order valence-corrected chi connectivity index (χ4v) is 3.35. The topological polar surface area (TPSA) is 90.3 Å². The molecule has 19 heavy (non-hydrogen) atoms. The molecule has 0 unspecified atom stereocenters. The molecular weight excluding hydrogens is 266 g/mol. The summed E-state index contributed by atoms with van der Waals surface area (Å²) in [5.74, 6) is -0.150. The average Bonchev–Trinajstić information content (AvgIpc) is 2.64. The number of sulfonamides is 1. The fourth-order valence-electron chi connectivity index (χ4n) is 1.86. The molecule has 1 aromatic rings. The van der Waals surface area contributed by atoms with Gasteiger partial charge in [-0.15, -0.1) is 0 Å². The van der Waals surface area contributed by atoms with Crippen molar-refractivity contribution in [3.8, 4) is 6.07 Å². The Morgan fingerprint density at radius 2 is 2.11 bits per heavy atom.